The number of nitrogens with one attached hydrogen (secondary N) is 1. The quantitative estimate of drug-likeness (QED) is 0.383. The van der Waals surface area contributed by atoms with E-state index in [0.29, 0.717) is 42.6 Å². The highest BCUT2D eigenvalue weighted by Crippen LogP contribution is 2.36. The summed E-state index contributed by atoms with van der Waals surface area (Å²) in [5.74, 6) is 0.864. The van der Waals surface area contributed by atoms with Gasteiger partial charge in [-0.25, -0.2) is 4.68 Å². The highest BCUT2D eigenvalue weighted by Gasteiger charge is 2.28. The first-order chi connectivity index (χ1) is 19.6. The minimum absolute atomic E-state index is 0.0453. The number of aliphatic hydroxyl groups excluding tert-OH is 1. The number of nitrogens with zero attached hydrogens (tertiary/aromatic N) is 6. The third kappa shape index (κ3) is 6.29. The van der Waals surface area contributed by atoms with Crippen LogP contribution in [0.4, 0.5) is 0 Å². The molecule has 2 bridgehead atoms. The second-order valence-corrected chi connectivity index (χ2v) is 10.4. The van der Waals surface area contributed by atoms with Gasteiger partial charge in [-0.2, -0.15) is 10.2 Å². The highest BCUT2D eigenvalue weighted by atomic mass is 16.5. The summed E-state index contributed by atoms with van der Waals surface area (Å²) >= 11 is 0. The summed E-state index contributed by atoms with van der Waals surface area (Å²) in [6.45, 7) is 10.8. The van der Waals surface area contributed by atoms with Crippen molar-refractivity contribution in [2.75, 3.05) is 33.9 Å². The van der Waals surface area contributed by atoms with Crippen LogP contribution in [-0.4, -0.2) is 92.8 Å². The second kappa shape index (κ2) is 12.8. The molecule has 0 radical (unpaired) electrons. The molecule has 41 heavy (non-hydrogen) atoms. The van der Waals surface area contributed by atoms with Gasteiger partial charge in [-0.05, 0) is 59.9 Å². The number of hydrogen-bond donors (Lipinski definition) is 3. The summed E-state index contributed by atoms with van der Waals surface area (Å²) in [4.78, 5) is 11.9. The van der Waals surface area contributed by atoms with Crippen molar-refractivity contribution in [3.63, 3.8) is 0 Å². The van der Waals surface area contributed by atoms with Gasteiger partial charge in [-0.3, -0.25) is 20.0 Å². The SMILES string of the molecule is CCO/C(N)=C1\C=C\c2[nH]nc3c(C)nc(cc23)-c2c(COC)nn(C)c2OC(C)C(C)N(C)CC1=NC(C)CO. The molecule has 1 aliphatic heterocycles. The Labute approximate surface area is 240 Å². The van der Waals surface area contributed by atoms with Gasteiger partial charge >= 0.3 is 0 Å². The highest BCUT2D eigenvalue weighted by molar-refractivity contribution is 6.05. The van der Waals surface area contributed by atoms with E-state index in [1.807, 2.05) is 60.0 Å². The van der Waals surface area contributed by atoms with Crippen LogP contribution in [0.1, 0.15) is 44.8 Å². The number of aromatic nitrogens is 5. The summed E-state index contributed by atoms with van der Waals surface area (Å²) in [5.41, 5.74) is 12.3. The Morgan fingerprint density at radius 1 is 1.32 bits per heavy atom. The number of methoxy groups -OCH3 is 1. The average Bonchev–Trinajstić information content (AvgIpc) is 3.48. The van der Waals surface area contributed by atoms with E-state index in [-0.39, 0.29) is 30.7 Å². The van der Waals surface area contributed by atoms with Crippen LogP contribution in [0.15, 0.2) is 28.6 Å². The zero-order chi connectivity index (χ0) is 29.8. The Balaban J connectivity index is 2.01. The Kier molecular flexibility index (Phi) is 9.46. The standard InChI is InChI=1S/C29H42N8O4/c1-9-40-28(30)20-10-11-22-21-12-23(32-17(3)27(21)34-33-22)26-25(15-39-8)35-37(7)29(26)41-19(5)18(4)36(6)13-24(20)31-16(2)14-38/h10-12,16,18-19,38H,9,13-15,30H2,1-8H3,(H,33,34)/b11-10+,28-20+,31-24?. The molecule has 4 rings (SSSR count). The van der Waals surface area contributed by atoms with Gasteiger partial charge in [0, 0.05) is 32.1 Å². The van der Waals surface area contributed by atoms with E-state index in [0.717, 1.165) is 33.5 Å². The average molecular weight is 567 g/mol. The number of aryl methyl sites for hydroxylation is 2. The summed E-state index contributed by atoms with van der Waals surface area (Å²) in [6, 6.07) is 1.62. The van der Waals surface area contributed by atoms with Crippen LogP contribution in [0.3, 0.4) is 0 Å². The fraction of sp³-hybridized carbons (Fsp3) is 0.517. The third-order valence-corrected chi connectivity index (χ3v) is 7.35. The zero-order valence-electron chi connectivity index (χ0n) is 25.2. The van der Waals surface area contributed by atoms with Crippen LogP contribution in [0, 0.1) is 6.92 Å². The maximum atomic E-state index is 9.82. The molecule has 0 amide bonds. The van der Waals surface area contributed by atoms with E-state index in [9.17, 15) is 5.11 Å². The molecule has 0 aliphatic carbocycles. The predicted octanol–water partition coefficient (Wildman–Crippen LogP) is 2.96. The van der Waals surface area contributed by atoms with Crippen LogP contribution in [-0.2, 0) is 23.1 Å². The molecule has 3 aromatic rings. The van der Waals surface area contributed by atoms with Crippen molar-refractivity contribution in [2.45, 2.75) is 59.4 Å². The fourth-order valence-corrected chi connectivity index (χ4v) is 4.87. The summed E-state index contributed by atoms with van der Waals surface area (Å²) in [5, 5.41) is 23.1. The first kappa shape index (κ1) is 30.2. The number of H-pyrrole nitrogens is 1. The Morgan fingerprint density at radius 3 is 2.76 bits per heavy atom. The van der Waals surface area contributed by atoms with Crippen molar-refractivity contribution in [1.29, 1.82) is 0 Å². The van der Waals surface area contributed by atoms with Crippen LogP contribution < -0.4 is 10.5 Å². The van der Waals surface area contributed by atoms with E-state index in [2.05, 4.69) is 22.0 Å². The van der Waals surface area contributed by atoms with Gasteiger partial charge in [-0.15, -0.1) is 0 Å². The number of ether oxygens (including phenoxy) is 3. The number of allylic oxidation sites excluding steroid dienone is 1. The lowest BCUT2D eigenvalue weighted by Gasteiger charge is -2.31. The van der Waals surface area contributed by atoms with Gasteiger partial charge in [-0.1, -0.05) is 0 Å². The molecule has 12 heteroatoms. The van der Waals surface area contributed by atoms with Crippen molar-refractivity contribution < 1.29 is 19.3 Å². The molecule has 4 N–H and O–H groups in total. The Morgan fingerprint density at radius 2 is 2.07 bits per heavy atom. The van der Waals surface area contributed by atoms with Crippen LogP contribution >= 0.6 is 0 Å². The monoisotopic (exact) mass is 566 g/mol. The minimum atomic E-state index is -0.331. The topological polar surface area (TPSA) is 149 Å². The zero-order valence-corrected chi connectivity index (χ0v) is 25.2. The summed E-state index contributed by atoms with van der Waals surface area (Å²) in [7, 11) is 5.51. The lowest BCUT2D eigenvalue weighted by molar-refractivity contribution is 0.107. The van der Waals surface area contributed by atoms with Gasteiger partial charge < -0.3 is 25.1 Å². The molecule has 0 spiro atoms. The molecule has 3 aromatic heterocycles. The largest absolute Gasteiger partial charge is 0.479 e. The molecule has 12 nitrogen and oxygen atoms in total. The summed E-state index contributed by atoms with van der Waals surface area (Å²) in [6.07, 6.45) is 3.56. The first-order valence-corrected chi connectivity index (χ1v) is 13.9. The van der Waals surface area contributed by atoms with E-state index in [4.69, 9.17) is 35.0 Å². The maximum Gasteiger partial charge on any atom is 0.221 e. The maximum absolute atomic E-state index is 9.82. The van der Waals surface area contributed by atoms with Gasteiger partial charge in [0.05, 0.1) is 59.8 Å². The Hall–Kier alpha value is -3.74. The normalized spacial score (nSPS) is 22.2. The number of hydrogen-bond acceptors (Lipinski definition) is 10. The number of nitrogens with two attached hydrogens (primary N) is 1. The second-order valence-electron chi connectivity index (χ2n) is 10.4. The molecular formula is C29H42N8O4. The minimum Gasteiger partial charge on any atom is -0.479 e. The molecule has 1 aliphatic rings. The molecule has 0 saturated heterocycles. The van der Waals surface area contributed by atoms with Gasteiger partial charge in [0.2, 0.25) is 5.88 Å². The van der Waals surface area contributed by atoms with Crippen molar-refractivity contribution >= 4 is 22.7 Å². The molecule has 0 fully saturated rings. The molecular weight excluding hydrogens is 524 g/mol. The van der Waals surface area contributed by atoms with E-state index in [1.54, 1.807) is 11.8 Å². The van der Waals surface area contributed by atoms with E-state index in [1.165, 1.54) is 0 Å². The summed E-state index contributed by atoms with van der Waals surface area (Å²) < 4.78 is 19.6. The Bertz CT molecular complexity index is 1470. The first-order valence-electron chi connectivity index (χ1n) is 13.9. The van der Waals surface area contributed by atoms with Gasteiger partial charge in [0.1, 0.15) is 17.3 Å². The lowest BCUT2D eigenvalue weighted by atomic mass is 10.1. The number of likely N-dealkylation sites (N-methyl/N-ethyl adjacent to an activating group) is 1. The number of aliphatic imine (C=N–C) groups is 1. The van der Waals surface area contributed by atoms with Crippen molar-refractivity contribution in [1.82, 2.24) is 29.9 Å². The third-order valence-electron chi connectivity index (χ3n) is 7.35. The number of pyridine rings is 1. The van der Waals surface area contributed by atoms with E-state index < -0.39 is 0 Å². The molecule has 222 valence electrons. The van der Waals surface area contributed by atoms with Crippen LogP contribution in [0.5, 0.6) is 5.88 Å². The number of aliphatic hydroxyl groups is 1. The van der Waals surface area contributed by atoms with E-state index >= 15 is 0 Å². The van der Waals surface area contributed by atoms with Gasteiger partial charge in [0.25, 0.3) is 0 Å². The van der Waals surface area contributed by atoms with Crippen molar-refractivity contribution in [2.24, 2.45) is 17.8 Å². The van der Waals surface area contributed by atoms with Gasteiger partial charge in [0.15, 0.2) is 5.88 Å². The molecule has 4 heterocycles. The molecule has 3 atom stereocenters. The smallest absolute Gasteiger partial charge is 0.221 e. The van der Waals surface area contributed by atoms with Crippen molar-refractivity contribution in [3.8, 4) is 17.1 Å². The van der Waals surface area contributed by atoms with Crippen LogP contribution in [0.25, 0.3) is 28.2 Å². The predicted molar refractivity (Wildman–Crippen MR) is 160 cm³/mol. The number of aromatic amines is 1. The number of fused-ring (bicyclic) bond motifs is 3. The van der Waals surface area contributed by atoms with Crippen molar-refractivity contribution in [3.05, 3.63) is 40.7 Å². The molecule has 0 saturated carbocycles. The number of rotatable bonds is 6. The molecule has 3 unspecified atom stereocenters. The lowest BCUT2D eigenvalue weighted by Crippen LogP contribution is -2.43. The van der Waals surface area contributed by atoms with Crippen LogP contribution in [0.2, 0.25) is 0 Å². The molecule has 0 aromatic carbocycles. The fourth-order valence-electron chi connectivity index (χ4n) is 4.87.